The molecule has 3 nitrogen and oxygen atoms in total. The predicted octanol–water partition coefficient (Wildman–Crippen LogP) is 5.84. The maximum Gasteiger partial charge on any atom is 0.247 e. The molecule has 110 valence electrons. The summed E-state index contributed by atoms with van der Waals surface area (Å²) in [4.78, 5) is 12.8. The molecule has 1 aromatic carbocycles. The number of benzene rings is 1. The molecular weight excluding hydrogens is 350 g/mol. The van der Waals surface area contributed by atoms with Crippen LogP contribution in [0.1, 0.15) is 25.1 Å². The fraction of sp³-hybridized carbons (Fsp3) is 0.250. The standard InChI is InChI=1S/C16H16BrNO2S/c1-11(2)8-14(18(19)20)10-15-6-7-16(21-15)12-4-3-5-13(17)9-12/h3-7,9-11H,8H2,1-2H3. The van der Waals surface area contributed by atoms with Gasteiger partial charge in [0.15, 0.2) is 0 Å². The molecule has 0 saturated heterocycles. The number of halogens is 1. The Morgan fingerprint density at radius 3 is 2.76 bits per heavy atom. The van der Waals surface area contributed by atoms with E-state index >= 15 is 0 Å². The lowest BCUT2D eigenvalue weighted by Gasteiger charge is -2.01. The fourth-order valence-corrected chi connectivity index (χ4v) is 3.36. The predicted molar refractivity (Wildman–Crippen MR) is 91.9 cm³/mol. The third-order valence-corrected chi connectivity index (χ3v) is 4.47. The molecule has 0 bridgehead atoms. The molecule has 2 rings (SSSR count). The van der Waals surface area contributed by atoms with Crippen molar-refractivity contribution in [1.82, 2.24) is 0 Å². The van der Waals surface area contributed by atoms with Gasteiger partial charge in [0.05, 0.1) is 4.92 Å². The number of nitro groups is 1. The Bertz CT molecular complexity index is 676. The lowest BCUT2D eigenvalue weighted by atomic mass is 10.1. The number of nitrogens with zero attached hydrogens (tertiary/aromatic N) is 1. The number of hydrogen-bond acceptors (Lipinski definition) is 3. The van der Waals surface area contributed by atoms with Gasteiger partial charge in [-0.2, -0.15) is 0 Å². The molecule has 0 amide bonds. The zero-order valence-corrected chi connectivity index (χ0v) is 14.3. The summed E-state index contributed by atoms with van der Waals surface area (Å²) < 4.78 is 1.02. The average Bonchev–Trinajstić information content (AvgIpc) is 2.86. The smallest absolute Gasteiger partial charge is 0.247 e. The Labute approximate surface area is 136 Å². The molecule has 0 fully saturated rings. The fourth-order valence-electron chi connectivity index (χ4n) is 2.00. The quantitative estimate of drug-likeness (QED) is 0.493. The summed E-state index contributed by atoms with van der Waals surface area (Å²) in [7, 11) is 0. The van der Waals surface area contributed by atoms with Crippen LogP contribution >= 0.6 is 27.3 Å². The topological polar surface area (TPSA) is 43.1 Å². The van der Waals surface area contributed by atoms with E-state index in [0.29, 0.717) is 6.42 Å². The molecule has 5 heteroatoms. The van der Waals surface area contributed by atoms with Crippen LogP contribution in [-0.2, 0) is 0 Å². The first kappa shape index (κ1) is 15.9. The van der Waals surface area contributed by atoms with Crippen LogP contribution < -0.4 is 0 Å². The summed E-state index contributed by atoms with van der Waals surface area (Å²) >= 11 is 5.02. The van der Waals surface area contributed by atoms with Gasteiger partial charge in [-0.25, -0.2) is 0 Å². The van der Waals surface area contributed by atoms with Crippen LogP contribution in [0.4, 0.5) is 0 Å². The molecule has 1 heterocycles. The lowest BCUT2D eigenvalue weighted by molar-refractivity contribution is -0.427. The Balaban J connectivity index is 2.28. The second-order valence-electron chi connectivity index (χ2n) is 5.20. The molecule has 2 aromatic rings. The molecular formula is C16H16BrNO2S. The summed E-state index contributed by atoms with van der Waals surface area (Å²) in [6, 6.07) is 12.0. The van der Waals surface area contributed by atoms with Crippen LogP contribution in [0, 0.1) is 16.0 Å². The summed E-state index contributed by atoms with van der Waals surface area (Å²) in [6.45, 7) is 3.97. The first-order valence-corrected chi connectivity index (χ1v) is 8.27. The first-order chi connectivity index (χ1) is 9.95. The number of hydrogen-bond donors (Lipinski definition) is 0. The van der Waals surface area contributed by atoms with Gasteiger partial charge < -0.3 is 0 Å². The van der Waals surface area contributed by atoms with Gasteiger partial charge in [0.1, 0.15) is 0 Å². The van der Waals surface area contributed by atoms with E-state index in [1.807, 2.05) is 50.2 Å². The third-order valence-electron chi connectivity index (χ3n) is 2.90. The van der Waals surface area contributed by atoms with E-state index in [1.165, 1.54) is 0 Å². The van der Waals surface area contributed by atoms with Crippen molar-refractivity contribution in [2.24, 2.45) is 5.92 Å². The van der Waals surface area contributed by atoms with E-state index in [9.17, 15) is 10.1 Å². The number of thiophene rings is 1. The van der Waals surface area contributed by atoms with Gasteiger partial charge in [-0.3, -0.25) is 10.1 Å². The molecule has 0 atom stereocenters. The van der Waals surface area contributed by atoms with E-state index in [2.05, 4.69) is 15.9 Å². The van der Waals surface area contributed by atoms with Gasteiger partial charge >= 0.3 is 0 Å². The van der Waals surface area contributed by atoms with E-state index in [4.69, 9.17) is 0 Å². The third kappa shape index (κ3) is 4.51. The summed E-state index contributed by atoms with van der Waals surface area (Å²) in [5, 5.41) is 11.1. The van der Waals surface area contributed by atoms with Crippen LogP contribution in [0.2, 0.25) is 0 Å². The largest absolute Gasteiger partial charge is 0.259 e. The second kappa shape index (κ2) is 7.00. The van der Waals surface area contributed by atoms with Crippen molar-refractivity contribution in [2.75, 3.05) is 0 Å². The van der Waals surface area contributed by atoms with Crippen molar-refractivity contribution in [3.8, 4) is 10.4 Å². The highest BCUT2D eigenvalue weighted by molar-refractivity contribution is 9.10. The molecule has 21 heavy (non-hydrogen) atoms. The van der Waals surface area contributed by atoms with Gasteiger partial charge in [0.25, 0.3) is 0 Å². The minimum atomic E-state index is -0.279. The molecule has 0 aliphatic heterocycles. The van der Waals surface area contributed by atoms with Gasteiger partial charge in [-0.15, -0.1) is 11.3 Å². The van der Waals surface area contributed by atoms with Crippen LogP contribution in [0.3, 0.4) is 0 Å². The van der Waals surface area contributed by atoms with E-state index in [-0.39, 0.29) is 16.5 Å². The van der Waals surface area contributed by atoms with Gasteiger partial charge in [0, 0.05) is 26.7 Å². The van der Waals surface area contributed by atoms with Crippen LogP contribution in [0.25, 0.3) is 16.5 Å². The Morgan fingerprint density at radius 1 is 1.38 bits per heavy atom. The van der Waals surface area contributed by atoms with E-state index < -0.39 is 0 Å². The lowest BCUT2D eigenvalue weighted by Crippen LogP contribution is -2.01. The highest BCUT2D eigenvalue weighted by atomic mass is 79.9. The molecule has 0 aliphatic rings. The number of allylic oxidation sites excluding steroid dienone is 1. The minimum Gasteiger partial charge on any atom is -0.259 e. The van der Waals surface area contributed by atoms with Gasteiger partial charge in [-0.05, 0) is 35.7 Å². The van der Waals surface area contributed by atoms with Crippen LogP contribution in [0.15, 0.2) is 46.6 Å². The minimum absolute atomic E-state index is 0.270. The maximum atomic E-state index is 11.1. The summed E-state index contributed by atoms with van der Waals surface area (Å²) in [6.07, 6.45) is 2.17. The van der Waals surface area contributed by atoms with E-state index in [0.717, 1.165) is 19.8 Å². The van der Waals surface area contributed by atoms with Gasteiger partial charge in [-0.1, -0.05) is 41.9 Å². The molecule has 0 radical (unpaired) electrons. The SMILES string of the molecule is CC(C)CC(=Cc1ccc(-c2cccc(Br)c2)s1)[N+](=O)[O-]. The monoisotopic (exact) mass is 365 g/mol. The van der Waals surface area contributed by atoms with Crippen molar-refractivity contribution < 1.29 is 4.92 Å². The maximum absolute atomic E-state index is 11.1. The number of rotatable bonds is 5. The van der Waals surface area contributed by atoms with Crippen LogP contribution in [0.5, 0.6) is 0 Å². The molecule has 0 spiro atoms. The highest BCUT2D eigenvalue weighted by Gasteiger charge is 2.14. The first-order valence-electron chi connectivity index (χ1n) is 6.66. The Kier molecular flexibility index (Phi) is 5.31. The van der Waals surface area contributed by atoms with Gasteiger partial charge in [0.2, 0.25) is 5.70 Å². The summed E-state index contributed by atoms with van der Waals surface area (Å²) in [5.74, 6) is 0.270. The normalized spacial score (nSPS) is 11.9. The van der Waals surface area contributed by atoms with Crippen molar-refractivity contribution in [3.05, 3.63) is 61.6 Å². The van der Waals surface area contributed by atoms with Crippen molar-refractivity contribution >= 4 is 33.3 Å². The van der Waals surface area contributed by atoms with Crippen molar-refractivity contribution in [1.29, 1.82) is 0 Å². The molecule has 0 N–H and O–H groups in total. The van der Waals surface area contributed by atoms with E-state index in [1.54, 1.807) is 17.4 Å². The average molecular weight is 366 g/mol. The zero-order valence-electron chi connectivity index (χ0n) is 11.9. The van der Waals surface area contributed by atoms with Crippen molar-refractivity contribution in [3.63, 3.8) is 0 Å². The van der Waals surface area contributed by atoms with Crippen molar-refractivity contribution in [2.45, 2.75) is 20.3 Å². The highest BCUT2D eigenvalue weighted by Crippen LogP contribution is 2.31. The molecule has 0 unspecified atom stereocenters. The molecule has 1 aromatic heterocycles. The Hall–Kier alpha value is -1.46. The van der Waals surface area contributed by atoms with Crippen LogP contribution in [-0.4, -0.2) is 4.92 Å². The summed E-state index contributed by atoms with van der Waals surface area (Å²) in [5.41, 5.74) is 1.38. The zero-order chi connectivity index (χ0) is 15.4. The Morgan fingerprint density at radius 2 is 2.14 bits per heavy atom. The molecule has 0 saturated carbocycles. The second-order valence-corrected chi connectivity index (χ2v) is 7.23. The molecule has 0 aliphatic carbocycles.